The molecule has 0 bridgehead atoms. The van der Waals surface area contributed by atoms with Crippen LogP contribution in [0.1, 0.15) is 26.2 Å². The van der Waals surface area contributed by atoms with Crippen LogP contribution in [0.3, 0.4) is 0 Å². The Morgan fingerprint density at radius 1 is 1.36 bits per heavy atom. The molecular weight excluding hydrogens is 144 g/mol. The highest BCUT2D eigenvalue weighted by Gasteiger charge is 2.09. The second-order valence-corrected chi connectivity index (χ2v) is 2.86. The van der Waals surface area contributed by atoms with Crippen molar-refractivity contribution >= 4 is 0 Å². The summed E-state index contributed by atoms with van der Waals surface area (Å²) in [6.07, 6.45) is 2.70. The lowest BCUT2D eigenvalue weighted by atomic mass is 10.2. The van der Waals surface area contributed by atoms with Crippen molar-refractivity contribution in [1.29, 1.82) is 0 Å². The van der Waals surface area contributed by atoms with Gasteiger partial charge in [0.25, 0.3) is 0 Å². The second-order valence-electron chi connectivity index (χ2n) is 2.86. The molecule has 0 aliphatic carbocycles. The van der Waals surface area contributed by atoms with E-state index < -0.39 is 5.85 Å². The van der Waals surface area contributed by atoms with Gasteiger partial charge >= 0.3 is 0 Å². The van der Waals surface area contributed by atoms with E-state index in [2.05, 4.69) is 5.32 Å². The Morgan fingerprint density at radius 3 is 2.45 bits per heavy atom. The van der Waals surface area contributed by atoms with Crippen molar-refractivity contribution < 1.29 is 10.2 Å². The third kappa shape index (κ3) is 9.84. The number of unbranched alkanes of at least 4 members (excludes halogenated alkanes) is 2. The van der Waals surface area contributed by atoms with E-state index in [1.807, 2.05) is 0 Å². The average molecular weight is 162 g/mol. The first-order valence-electron chi connectivity index (χ1n) is 3.93. The third-order valence-electron chi connectivity index (χ3n) is 1.32. The van der Waals surface area contributed by atoms with Crippen LogP contribution in [0.15, 0.2) is 0 Å². The number of aliphatic hydroxyl groups excluding tert-OH is 1. The molecule has 4 heteroatoms. The summed E-state index contributed by atoms with van der Waals surface area (Å²) in [5, 5.41) is 20.2. The third-order valence-corrected chi connectivity index (χ3v) is 1.32. The minimum Gasteiger partial charge on any atom is -0.396 e. The van der Waals surface area contributed by atoms with Gasteiger partial charge < -0.3 is 10.2 Å². The van der Waals surface area contributed by atoms with Crippen molar-refractivity contribution in [3.63, 3.8) is 0 Å². The fourth-order valence-corrected chi connectivity index (χ4v) is 0.755. The molecule has 0 fully saturated rings. The first-order chi connectivity index (χ1) is 5.06. The van der Waals surface area contributed by atoms with Crippen molar-refractivity contribution in [2.24, 2.45) is 5.73 Å². The highest BCUT2D eigenvalue weighted by molar-refractivity contribution is 4.59. The molecule has 0 amide bonds. The van der Waals surface area contributed by atoms with E-state index in [4.69, 9.17) is 15.9 Å². The Bertz CT molecular complexity index is 90.9. The molecule has 0 heterocycles. The molecule has 1 atom stereocenters. The first-order valence-corrected chi connectivity index (χ1v) is 3.93. The van der Waals surface area contributed by atoms with Crippen molar-refractivity contribution in [3.8, 4) is 0 Å². The van der Waals surface area contributed by atoms with Gasteiger partial charge in [-0.1, -0.05) is 0 Å². The van der Waals surface area contributed by atoms with Crippen molar-refractivity contribution in [2.45, 2.75) is 32.0 Å². The second kappa shape index (κ2) is 5.49. The zero-order valence-corrected chi connectivity index (χ0v) is 7.01. The van der Waals surface area contributed by atoms with E-state index in [1.165, 1.54) is 6.92 Å². The van der Waals surface area contributed by atoms with Crippen LogP contribution in [0, 0.1) is 0 Å². The number of nitrogens with two attached hydrogens (primary N) is 1. The van der Waals surface area contributed by atoms with E-state index in [-0.39, 0.29) is 6.61 Å². The molecule has 0 aliphatic heterocycles. The lowest BCUT2D eigenvalue weighted by molar-refractivity contribution is 0.0306. The van der Waals surface area contributed by atoms with Crippen LogP contribution in [0.2, 0.25) is 0 Å². The van der Waals surface area contributed by atoms with Crippen molar-refractivity contribution in [3.05, 3.63) is 0 Å². The molecule has 1 unspecified atom stereocenters. The number of nitrogens with one attached hydrogen (secondary N) is 1. The zero-order valence-electron chi connectivity index (χ0n) is 7.01. The number of rotatable bonds is 6. The molecule has 11 heavy (non-hydrogen) atoms. The summed E-state index contributed by atoms with van der Waals surface area (Å²) in [6.45, 7) is 2.42. The van der Waals surface area contributed by atoms with E-state index in [1.54, 1.807) is 0 Å². The van der Waals surface area contributed by atoms with Crippen molar-refractivity contribution in [1.82, 2.24) is 5.32 Å². The van der Waals surface area contributed by atoms with E-state index >= 15 is 0 Å². The van der Waals surface area contributed by atoms with E-state index in [0.29, 0.717) is 6.54 Å². The zero-order chi connectivity index (χ0) is 8.74. The molecule has 0 radical (unpaired) electrons. The summed E-state index contributed by atoms with van der Waals surface area (Å²) in [7, 11) is 0. The van der Waals surface area contributed by atoms with Gasteiger partial charge in [-0.05, 0) is 32.7 Å². The van der Waals surface area contributed by atoms with Gasteiger partial charge in [-0.3, -0.25) is 11.1 Å². The molecule has 0 rings (SSSR count). The van der Waals surface area contributed by atoms with Gasteiger partial charge in [-0.15, -0.1) is 0 Å². The lowest BCUT2D eigenvalue weighted by Gasteiger charge is -2.18. The highest BCUT2D eigenvalue weighted by Crippen LogP contribution is 1.93. The Balaban J connectivity index is 3.02. The standard InChI is InChI=1S/C7H18N2O2/c1-7(8,11)9-5-3-2-4-6-10/h9-11H,2-6,8H2,1H3. The first kappa shape index (κ1) is 10.8. The van der Waals surface area contributed by atoms with Crippen LogP contribution in [-0.2, 0) is 0 Å². The monoisotopic (exact) mass is 162 g/mol. The summed E-state index contributed by atoms with van der Waals surface area (Å²) in [5.41, 5.74) is 5.25. The summed E-state index contributed by atoms with van der Waals surface area (Å²) in [6, 6.07) is 0. The molecule has 0 aromatic rings. The van der Waals surface area contributed by atoms with Crippen LogP contribution in [0.25, 0.3) is 0 Å². The van der Waals surface area contributed by atoms with Gasteiger partial charge in [0.05, 0.1) is 0 Å². The predicted octanol–water partition coefficient (Wildman–Crippen LogP) is -0.637. The largest absolute Gasteiger partial charge is 0.396 e. The Labute approximate surface area is 67.4 Å². The summed E-state index contributed by atoms with van der Waals surface area (Å²) in [4.78, 5) is 0. The predicted molar refractivity (Wildman–Crippen MR) is 43.8 cm³/mol. The smallest absolute Gasteiger partial charge is 0.166 e. The van der Waals surface area contributed by atoms with Gasteiger partial charge in [0, 0.05) is 6.61 Å². The quantitative estimate of drug-likeness (QED) is 0.309. The van der Waals surface area contributed by atoms with E-state index in [0.717, 1.165) is 19.3 Å². The molecule has 68 valence electrons. The maximum absolute atomic E-state index is 8.99. The topological polar surface area (TPSA) is 78.5 Å². The van der Waals surface area contributed by atoms with Crippen LogP contribution in [0.5, 0.6) is 0 Å². The number of hydrogen-bond donors (Lipinski definition) is 4. The normalized spacial score (nSPS) is 16.4. The SMILES string of the molecule is CC(N)(O)NCCCCCO. The fourth-order valence-electron chi connectivity index (χ4n) is 0.755. The molecule has 0 spiro atoms. The maximum Gasteiger partial charge on any atom is 0.166 e. The summed E-state index contributed by atoms with van der Waals surface area (Å²) in [5.74, 6) is -1.26. The molecule has 0 saturated heterocycles. The lowest BCUT2D eigenvalue weighted by Crippen LogP contribution is -2.50. The Hall–Kier alpha value is -0.160. The molecule has 5 N–H and O–H groups in total. The fraction of sp³-hybridized carbons (Fsp3) is 1.00. The molecule has 4 nitrogen and oxygen atoms in total. The van der Waals surface area contributed by atoms with Gasteiger partial charge in [-0.25, -0.2) is 0 Å². The Morgan fingerprint density at radius 2 is 2.00 bits per heavy atom. The van der Waals surface area contributed by atoms with Gasteiger partial charge in [0.15, 0.2) is 5.85 Å². The minimum atomic E-state index is -1.26. The Kier molecular flexibility index (Phi) is 5.41. The van der Waals surface area contributed by atoms with Crippen LogP contribution >= 0.6 is 0 Å². The minimum absolute atomic E-state index is 0.235. The van der Waals surface area contributed by atoms with Crippen LogP contribution < -0.4 is 11.1 Å². The van der Waals surface area contributed by atoms with E-state index in [9.17, 15) is 0 Å². The van der Waals surface area contributed by atoms with Gasteiger partial charge in [0.2, 0.25) is 0 Å². The molecular formula is C7H18N2O2. The summed E-state index contributed by atoms with van der Waals surface area (Å²) < 4.78 is 0. The van der Waals surface area contributed by atoms with Gasteiger partial charge in [-0.2, -0.15) is 0 Å². The molecule has 0 aliphatic rings. The summed E-state index contributed by atoms with van der Waals surface area (Å²) >= 11 is 0. The van der Waals surface area contributed by atoms with Crippen molar-refractivity contribution in [2.75, 3.05) is 13.2 Å². The molecule has 0 aromatic carbocycles. The highest BCUT2D eigenvalue weighted by atomic mass is 16.3. The average Bonchev–Trinajstić information content (AvgIpc) is 1.85. The van der Waals surface area contributed by atoms with Crippen LogP contribution in [-0.4, -0.2) is 29.2 Å². The number of aliphatic hydroxyl groups is 2. The molecule has 0 aromatic heterocycles. The van der Waals surface area contributed by atoms with Crippen LogP contribution in [0.4, 0.5) is 0 Å². The maximum atomic E-state index is 8.99. The molecule has 0 saturated carbocycles. The number of hydrogen-bond acceptors (Lipinski definition) is 4. The van der Waals surface area contributed by atoms with Gasteiger partial charge in [0.1, 0.15) is 0 Å².